The van der Waals surface area contributed by atoms with Crippen LogP contribution in [-0.2, 0) is 0 Å². The van der Waals surface area contributed by atoms with Crippen molar-refractivity contribution >= 4 is 18.3 Å². The Morgan fingerprint density at radius 3 is 2.62 bits per heavy atom. The van der Waals surface area contributed by atoms with E-state index in [2.05, 4.69) is 36.3 Å². The average Bonchev–Trinajstić information content (AvgIpc) is 2.95. The van der Waals surface area contributed by atoms with Crippen molar-refractivity contribution in [2.45, 2.75) is 52.0 Å². The molecule has 1 aliphatic heterocycles. The lowest BCUT2D eigenvalue weighted by Crippen LogP contribution is -2.46. The first-order chi connectivity index (χ1) is 9.63. The number of amides is 1. The van der Waals surface area contributed by atoms with Crippen LogP contribution in [0.2, 0.25) is 0 Å². The number of piperidine rings is 1. The van der Waals surface area contributed by atoms with Crippen molar-refractivity contribution < 1.29 is 4.79 Å². The molecular weight excluding hydrogens is 288 g/mol. The number of aromatic nitrogens is 2. The number of nitrogens with one attached hydrogen (secondary N) is 2. The molecule has 1 amide bonds. The van der Waals surface area contributed by atoms with E-state index in [1.165, 1.54) is 0 Å². The van der Waals surface area contributed by atoms with Crippen molar-refractivity contribution in [3.63, 3.8) is 0 Å². The van der Waals surface area contributed by atoms with E-state index in [0.717, 1.165) is 44.6 Å². The first-order valence-electron chi connectivity index (χ1n) is 7.70. The third kappa shape index (κ3) is 4.45. The summed E-state index contributed by atoms with van der Waals surface area (Å²) < 4.78 is 0. The Labute approximate surface area is 133 Å². The topological polar surface area (TPSA) is 61.0 Å². The number of H-pyrrole nitrogens is 1. The molecule has 1 fully saturated rings. The van der Waals surface area contributed by atoms with Crippen molar-refractivity contribution in [3.05, 3.63) is 17.5 Å². The second kappa shape index (κ2) is 8.39. The summed E-state index contributed by atoms with van der Waals surface area (Å²) in [5.41, 5.74) is 1.58. The SMILES string of the molecule is CCCN(C(=O)c1cc(C(C)C)[nH]n1)C1CCNCC1.Cl. The van der Waals surface area contributed by atoms with Crippen LogP contribution >= 0.6 is 12.4 Å². The maximum Gasteiger partial charge on any atom is 0.274 e. The van der Waals surface area contributed by atoms with E-state index < -0.39 is 0 Å². The fraction of sp³-hybridized carbons (Fsp3) is 0.733. The van der Waals surface area contributed by atoms with Gasteiger partial charge in [-0.15, -0.1) is 12.4 Å². The number of hydrogen-bond acceptors (Lipinski definition) is 3. The summed E-state index contributed by atoms with van der Waals surface area (Å²) in [5.74, 6) is 0.435. The Morgan fingerprint density at radius 2 is 2.10 bits per heavy atom. The first-order valence-corrected chi connectivity index (χ1v) is 7.70. The van der Waals surface area contributed by atoms with Crippen LogP contribution < -0.4 is 5.32 Å². The van der Waals surface area contributed by atoms with Gasteiger partial charge in [-0.1, -0.05) is 20.8 Å². The molecule has 5 nitrogen and oxygen atoms in total. The number of carbonyl (C=O) groups is 1. The highest BCUT2D eigenvalue weighted by Gasteiger charge is 2.27. The lowest BCUT2D eigenvalue weighted by atomic mass is 10.0. The molecule has 1 aromatic rings. The van der Waals surface area contributed by atoms with Crippen LogP contribution in [0, 0.1) is 0 Å². The molecule has 2 rings (SSSR count). The molecule has 2 heterocycles. The Hall–Kier alpha value is -1.07. The van der Waals surface area contributed by atoms with Crippen molar-refractivity contribution in [3.8, 4) is 0 Å². The number of nitrogens with zero attached hydrogens (tertiary/aromatic N) is 2. The largest absolute Gasteiger partial charge is 0.334 e. The number of halogens is 1. The van der Waals surface area contributed by atoms with Gasteiger partial charge >= 0.3 is 0 Å². The molecule has 1 saturated heterocycles. The van der Waals surface area contributed by atoms with Gasteiger partial charge < -0.3 is 10.2 Å². The normalized spacial score (nSPS) is 15.8. The fourth-order valence-electron chi connectivity index (χ4n) is 2.70. The molecule has 0 radical (unpaired) electrons. The Bertz CT molecular complexity index is 441. The molecule has 0 atom stereocenters. The fourth-order valence-corrected chi connectivity index (χ4v) is 2.70. The molecule has 1 aliphatic rings. The van der Waals surface area contributed by atoms with E-state index in [-0.39, 0.29) is 18.3 Å². The number of carbonyl (C=O) groups excluding carboxylic acids is 1. The van der Waals surface area contributed by atoms with Gasteiger partial charge in [-0.05, 0) is 44.3 Å². The van der Waals surface area contributed by atoms with E-state index in [9.17, 15) is 4.79 Å². The van der Waals surface area contributed by atoms with Gasteiger partial charge in [0.25, 0.3) is 5.91 Å². The maximum atomic E-state index is 12.7. The highest BCUT2D eigenvalue weighted by atomic mass is 35.5. The Morgan fingerprint density at radius 1 is 1.43 bits per heavy atom. The molecule has 0 bridgehead atoms. The highest BCUT2D eigenvalue weighted by Crippen LogP contribution is 2.18. The van der Waals surface area contributed by atoms with Crippen LogP contribution in [0.1, 0.15) is 62.1 Å². The first kappa shape index (κ1) is 18.0. The number of hydrogen-bond donors (Lipinski definition) is 2. The van der Waals surface area contributed by atoms with Crippen LogP contribution in [0.25, 0.3) is 0 Å². The van der Waals surface area contributed by atoms with E-state index in [0.29, 0.717) is 17.7 Å². The summed E-state index contributed by atoms with van der Waals surface area (Å²) in [4.78, 5) is 14.7. The zero-order valence-corrected chi connectivity index (χ0v) is 14.0. The van der Waals surface area contributed by atoms with Crippen molar-refractivity contribution in [1.29, 1.82) is 0 Å². The molecule has 120 valence electrons. The lowest BCUT2D eigenvalue weighted by molar-refractivity contribution is 0.0636. The van der Waals surface area contributed by atoms with Gasteiger partial charge in [-0.3, -0.25) is 9.89 Å². The van der Waals surface area contributed by atoms with Gasteiger partial charge in [0.05, 0.1) is 0 Å². The zero-order chi connectivity index (χ0) is 14.5. The zero-order valence-electron chi connectivity index (χ0n) is 13.2. The molecule has 1 aromatic heterocycles. The number of rotatable bonds is 5. The van der Waals surface area contributed by atoms with Crippen LogP contribution in [0.4, 0.5) is 0 Å². The highest BCUT2D eigenvalue weighted by molar-refractivity contribution is 5.92. The van der Waals surface area contributed by atoms with Gasteiger partial charge in [-0.2, -0.15) is 5.10 Å². The van der Waals surface area contributed by atoms with E-state index >= 15 is 0 Å². The second-order valence-corrected chi connectivity index (χ2v) is 5.84. The monoisotopic (exact) mass is 314 g/mol. The van der Waals surface area contributed by atoms with Crippen molar-refractivity contribution in [1.82, 2.24) is 20.4 Å². The molecule has 0 aromatic carbocycles. The summed E-state index contributed by atoms with van der Waals surface area (Å²) in [7, 11) is 0. The quantitative estimate of drug-likeness (QED) is 0.878. The van der Waals surface area contributed by atoms with Crippen LogP contribution in [0.5, 0.6) is 0 Å². The number of aromatic amines is 1. The van der Waals surface area contributed by atoms with Crippen molar-refractivity contribution in [2.24, 2.45) is 0 Å². The van der Waals surface area contributed by atoms with Gasteiger partial charge in [0.2, 0.25) is 0 Å². The maximum absolute atomic E-state index is 12.7. The molecular formula is C15H27ClN4O. The summed E-state index contributed by atoms with van der Waals surface area (Å²) in [6.45, 7) is 9.11. The summed E-state index contributed by atoms with van der Waals surface area (Å²) in [6.07, 6.45) is 3.05. The third-order valence-corrected chi connectivity index (χ3v) is 3.91. The van der Waals surface area contributed by atoms with E-state index in [1.54, 1.807) is 0 Å². The molecule has 21 heavy (non-hydrogen) atoms. The summed E-state index contributed by atoms with van der Waals surface area (Å²) >= 11 is 0. The minimum atomic E-state index is 0. The minimum Gasteiger partial charge on any atom is -0.334 e. The second-order valence-electron chi connectivity index (χ2n) is 5.84. The minimum absolute atomic E-state index is 0. The van der Waals surface area contributed by atoms with Gasteiger partial charge in [-0.25, -0.2) is 0 Å². The van der Waals surface area contributed by atoms with Gasteiger partial charge in [0, 0.05) is 18.3 Å². The van der Waals surface area contributed by atoms with Crippen LogP contribution in [-0.4, -0.2) is 46.7 Å². The smallest absolute Gasteiger partial charge is 0.274 e. The predicted octanol–water partition coefficient (Wildman–Crippen LogP) is 2.56. The third-order valence-electron chi connectivity index (χ3n) is 3.91. The van der Waals surface area contributed by atoms with Crippen molar-refractivity contribution in [2.75, 3.05) is 19.6 Å². The standard InChI is InChI=1S/C15H26N4O.ClH/c1-4-9-19(12-5-7-16-8-6-12)15(20)14-10-13(11(2)3)17-18-14;/h10-12,16H,4-9H2,1-3H3,(H,17,18);1H. The molecule has 6 heteroatoms. The van der Waals surface area contributed by atoms with E-state index in [1.807, 2.05) is 11.0 Å². The predicted molar refractivity (Wildman–Crippen MR) is 87.1 cm³/mol. The summed E-state index contributed by atoms with van der Waals surface area (Å²) in [5, 5.41) is 10.5. The molecule has 0 unspecified atom stereocenters. The van der Waals surface area contributed by atoms with Gasteiger partial charge in [0.1, 0.15) is 5.69 Å². The molecule has 0 aliphatic carbocycles. The Balaban J connectivity index is 0.00000220. The average molecular weight is 315 g/mol. The Kier molecular flexibility index (Phi) is 7.18. The molecule has 0 spiro atoms. The lowest BCUT2D eigenvalue weighted by Gasteiger charge is -2.34. The molecule has 2 N–H and O–H groups in total. The van der Waals surface area contributed by atoms with E-state index in [4.69, 9.17) is 0 Å². The summed E-state index contributed by atoms with van der Waals surface area (Å²) in [6, 6.07) is 2.25. The van der Waals surface area contributed by atoms with Gasteiger partial charge in [0.15, 0.2) is 0 Å². The van der Waals surface area contributed by atoms with Crippen LogP contribution in [0.3, 0.4) is 0 Å². The molecule has 0 saturated carbocycles. The van der Waals surface area contributed by atoms with Crippen LogP contribution in [0.15, 0.2) is 6.07 Å².